The molecule has 2 N–H and O–H groups in total. The summed E-state index contributed by atoms with van der Waals surface area (Å²) in [6.07, 6.45) is 7.06. The molecule has 2 aromatic carbocycles. The van der Waals surface area contributed by atoms with Crippen LogP contribution in [0.25, 0.3) is 0 Å². The average Bonchev–Trinajstić information content (AvgIpc) is 2.82. The normalized spacial score (nSPS) is 16.7. The van der Waals surface area contributed by atoms with E-state index in [-0.39, 0.29) is 17.3 Å². The van der Waals surface area contributed by atoms with Crippen LogP contribution in [0.4, 0.5) is 0 Å². The highest BCUT2D eigenvalue weighted by Gasteiger charge is 2.36. The van der Waals surface area contributed by atoms with Crippen LogP contribution in [0.1, 0.15) is 77.7 Å². The van der Waals surface area contributed by atoms with E-state index in [0.717, 1.165) is 32.1 Å². The van der Waals surface area contributed by atoms with Crippen molar-refractivity contribution in [2.75, 3.05) is 6.61 Å². The van der Waals surface area contributed by atoms with Gasteiger partial charge in [-0.05, 0) is 58.9 Å². The Morgan fingerprint density at radius 2 is 1.51 bits per heavy atom. The van der Waals surface area contributed by atoms with Crippen LogP contribution in [-0.4, -0.2) is 37.8 Å². The molecular weight excluding hydrogens is 456 g/mol. The molecule has 0 aliphatic heterocycles. The van der Waals surface area contributed by atoms with E-state index in [1.165, 1.54) is 22.4 Å². The largest absolute Gasteiger partial charge is 0.481 e. The summed E-state index contributed by atoms with van der Waals surface area (Å²) >= 11 is 0. The molecule has 5 nitrogen and oxygen atoms in total. The number of benzene rings is 2. The molecule has 0 aromatic heterocycles. The monoisotopic (exact) mass is 496 g/mol. The maximum atomic E-state index is 11.4. The summed E-state index contributed by atoms with van der Waals surface area (Å²) < 4.78 is 6.79. The topological polar surface area (TPSA) is 83.8 Å². The summed E-state index contributed by atoms with van der Waals surface area (Å²) in [5, 5.41) is 21.3. The predicted molar refractivity (Wildman–Crippen MR) is 142 cm³/mol. The van der Waals surface area contributed by atoms with Gasteiger partial charge in [-0.1, -0.05) is 94.6 Å². The Morgan fingerprint density at radius 1 is 0.914 bits per heavy atom. The van der Waals surface area contributed by atoms with E-state index < -0.39 is 26.9 Å². The van der Waals surface area contributed by atoms with Gasteiger partial charge in [0.1, 0.15) is 0 Å². The highest BCUT2D eigenvalue weighted by Crippen LogP contribution is 2.44. The maximum absolute atomic E-state index is 11.4. The van der Waals surface area contributed by atoms with Gasteiger partial charge in [-0.15, -0.1) is 0 Å². The lowest BCUT2D eigenvalue weighted by atomic mass is 9.68. The summed E-state index contributed by atoms with van der Waals surface area (Å²) in [4.78, 5) is 22.9. The van der Waals surface area contributed by atoms with Crippen LogP contribution in [0.2, 0.25) is 0 Å². The summed E-state index contributed by atoms with van der Waals surface area (Å²) in [6.45, 7) is 7.32. The fraction of sp³-hybridized carbons (Fsp3) is 0.517. The van der Waals surface area contributed by atoms with Gasteiger partial charge in [-0.25, -0.2) is 0 Å². The lowest BCUT2D eigenvalue weighted by Gasteiger charge is -2.38. The Bertz CT molecular complexity index is 962. The Balaban J connectivity index is 1.80. The second kappa shape index (κ2) is 12.0. The molecule has 1 saturated carbocycles. The zero-order valence-corrected chi connectivity index (χ0v) is 22.5. The summed E-state index contributed by atoms with van der Waals surface area (Å²) in [7, 11) is -1.95. The fourth-order valence-electron chi connectivity index (χ4n) is 5.53. The van der Waals surface area contributed by atoms with Crippen LogP contribution in [0.5, 0.6) is 0 Å². The van der Waals surface area contributed by atoms with Crippen LogP contribution in [0.3, 0.4) is 0 Å². The summed E-state index contributed by atoms with van der Waals surface area (Å²) in [5.74, 6) is -3.81. The molecule has 0 saturated heterocycles. The molecule has 190 valence electrons. The summed E-state index contributed by atoms with van der Waals surface area (Å²) in [5.41, 5.74) is 1.28. The predicted octanol–water partition coefficient (Wildman–Crippen LogP) is 4.74. The Hall–Kier alpha value is -2.44. The fourth-order valence-corrected chi connectivity index (χ4v) is 8.28. The van der Waals surface area contributed by atoms with Gasteiger partial charge >= 0.3 is 11.9 Å². The molecule has 1 aliphatic carbocycles. The van der Waals surface area contributed by atoms with Crippen molar-refractivity contribution in [1.29, 1.82) is 0 Å². The first-order valence-electron chi connectivity index (χ1n) is 12.8. The van der Waals surface area contributed by atoms with E-state index in [4.69, 9.17) is 4.43 Å². The summed E-state index contributed by atoms with van der Waals surface area (Å²) in [6, 6.07) is 19.1. The van der Waals surface area contributed by atoms with Crippen LogP contribution in [-0.2, 0) is 19.4 Å². The van der Waals surface area contributed by atoms with Crippen molar-refractivity contribution in [2.24, 2.45) is 11.3 Å². The van der Waals surface area contributed by atoms with Crippen molar-refractivity contribution in [3.05, 3.63) is 60.2 Å². The van der Waals surface area contributed by atoms with Crippen molar-refractivity contribution >= 4 is 31.4 Å². The third-order valence-corrected chi connectivity index (χ3v) is 10.2. The van der Waals surface area contributed by atoms with Crippen LogP contribution >= 0.6 is 0 Å². The number of aliphatic carboxylic acids is 2. The van der Waals surface area contributed by atoms with Gasteiger partial charge in [0.15, 0.2) is 5.92 Å². The molecule has 6 heteroatoms. The zero-order chi connectivity index (χ0) is 25.5. The Labute approximate surface area is 211 Å². The molecule has 1 fully saturated rings. The van der Waals surface area contributed by atoms with Crippen molar-refractivity contribution < 1.29 is 24.2 Å². The van der Waals surface area contributed by atoms with Crippen LogP contribution < -0.4 is 10.4 Å². The van der Waals surface area contributed by atoms with Crippen molar-refractivity contribution in [2.45, 2.75) is 77.6 Å². The molecule has 2 aromatic rings. The third kappa shape index (κ3) is 7.28. The van der Waals surface area contributed by atoms with E-state index in [1.807, 2.05) is 6.07 Å². The minimum absolute atomic E-state index is 0.00720. The van der Waals surface area contributed by atoms with Crippen molar-refractivity contribution in [3.63, 3.8) is 0 Å². The van der Waals surface area contributed by atoms with E-state index >= 15 is 0 Å². The highest BCUT2D eigenvalue weighted by molar-refractivity contribution is 6.80. The Kier molecular flexibility index (Phi) is 9.31. The molecular formula is C29H40O5Si. The van der Waals surface area contributed by atoms with Gasteiger partial charge in [0.05, 0.1) is 0 Å². The molecule has 0 bridgehead atoms. The van der Waals surface area contributed by atoms with Crippen LogP contribution in [0.15, 0.2) is 54.6 Å². The van der Waals surface area contributed by atoms with Gasteiger partial charge in [-0.2, -0.15) is 0 Å². The lowest BCUT2D eigenvalue weighted by Crippen LogP contribution is -2.48. The first kappa shape index (κ1) is 27.1. The number of carbonyl (C=O) groups is 2. The smallest absolute Gasteiger partial charge is 0.317 e. The minimum Gasteiger partial charge on any atom is -0.481 e. The minimum atomic E-state index is -1.95. The van der Waals surface area contributed by atoms with Gasteiger partial charge in [0.2, 0.25) is 9.04 Å². The van der Waals surface area contributed by atoms with E-state index in [9.17, 15) is 19.8 Å². The molecule has 0 radical (unpaired) electrons. The van der Waals surface area contributed by atoms with E-state index in [2.05, 4.69) is 69.3 Å². The van der Waals surface area contributed by atoms with E-state index in [1.54, 1.807) is 0 Å². The van der Waals surface area contributed by atoms with Gasteiger partial charge in [0, 0.05) is 6.61 Å². The molecule has 1 unspecified atom stereocenters. The van der Waals surface area contributed by atoms with Gasteiger partial charge in [-0.3, -0.25) is 9.59 Å². The molecule has 1 atom stereocenters. The number of carboxylic acid groups (broad SMARTS) is 2. The highest BCUT2D eigenvalue weighted by atomic mass is 28.3. The molecule has 35 heavy (non-hydrogen) atoms. The second-order valence-corrected chi connectivity index (χ2v) is 13.5. The quantitative estimate of drug-likeness (QED) is 0.347. The van der Waals surface area contributed by atoms with Crippen molar-refractivity contribution in [1.82, 2.24) is 0 Å². The van der Waals surface area contributed by atoms with Gasteiger partial charge in [0.25, 0.3) is 0 Å². The number of rotatable bonds is 11. The van der Waals surface area contributed by atoms with E-state index in [0.29, 0.717) is 13.0 Å². The molecule has 3 rings (SSSR count). The molecule has 0 amide bonds. The van der Waals surface area contributed by atoms with Gasteiger partial charge < -0.3 is 14.6 Å². The molecule has 0 heterocycles. The first-order chi connectivity index (χ1) is 16.6. The number of carboxylic acids is 2. The maximum Gasteiger partial charge on any atom is 0.317 e. The zero-order valence-electron chi connectivity index (χ0n) is 21.3. The Morgan fingerprint density at radius 3 is 2.11 bits per heavy atom. The standard InChI is InChI=1S/C29H40O5Si/c1-28(2,3)24-14-8-9-15-25(24)35(22-12-6-4-7-13-22)34-21-20-29(17-10-5-11-18-29)19-16-23(26(30)31)27(32)33/h4,6-9,12-15,23,35H,5,10-11,16-21H2,1-3H3,(H,30,31)(H,32,33). The van der Waals surface area contributed by atoms with Crippen LogP contribution in [0, 0.1) is 11.3 Å². The lowest BCUT2D eigenvalue weighted by molar-refractivity contribution is -0.155. The number of hydrogen-bond acceptors (Lipinski definition) is 3. The van der Waals surface area contributed by atoms with Crippen molar-refractivity contribution in [3.8, 4) is 0 Å². The second-order valence-electron chi connectivity index (χ2n) is 11.1. The SMILES string of the molecule is CC(C)(C)c1ccccc1[SiH](OCCC1(CCC(C(=O)O)C(=O)O)CCCCC1)c1ccccc1. The molecule has 1 aliphatic rings. The average molecular weight is 497 g/mol. The first-order valence-corrected chi connectivity index (χ1v) is 14.5. The number of hydrogen-bond donors (Lipinski definition) is 2. The molecule has 0 spiro atoms. The third-order valence-electron chi connectivity index (χ3n) is 7.54.